The summed E-state index contributed by atoms with van der Waals surface area (Å²) < 4.78 is 35.9. The Labute approximate surface area is 224 Å². The van der Waals surface area contributed by atoms with E-state index in [0.29, 0.717) is 17.6 Å². The molecule has 0 atom stereocenters. The summed E-state index contributed by atoms with van der Waals surface area (Å²) in [6.07, 6.45) is 14.1. The molecule has 6 rings (SSSR count). The van der Waals surface area contributed by atoms with Crippen molar-refractivity contribution in [3.63, 3.8) is 0 Å². The molecule has 1 saturated carbocycles. The summed E-state index contributed by atoms with van der Waals surface area (Å²) in [5.74, 6) is 0.428. The van der Waals surface area contributed by atoms with E-state index < -0.39 is 10.0 Å². The lowest BCUT2D eigenvalue weighted by Gasteiger charge is -2.38. The van der Waals surface area contributed by atoms with E-state index in [2.05, 4.69) is 16.1 Å². The minimum Gasteiger partial charge on any atom is -0.381 e. The topological polar surface area (TPSA) is 82.2 Å². The van der Waals surface area contributed by atoms with Crippen LogP contribution in [0.2, 0.25) is 0 Å². The number of pyridine rings is 1. The third kappa shape index (κ3) is 4.90. The number of ether oxygens (including phenoxy) is 1. The van der Waals surface area contributed by atoms with Gasteiger partial charge in [-0.2, -0.15) is 5.10 Å². The molecule has 1 aliphatic heterocycles. The Bertz CT molecular complexity index is 1500. The van der Waals surface area contributed by atoms with Gasteiger partial charge in [0, 0.05) is 74.5 Å². The number of benzene rings is 1. The van der Waals surface area contributed by atoms with Gasteiger partial charge in [0.25, 0.3) is 10.0 Å². The maximum Gasteiger partial charge on any atom is 0.269 e. The molecule has 1 aromatic carbocycles. The number of fused-ring (bicyclic) bond motifs is 1. The second-order valence-corrected chi connectivity index (χ2v) is 12.4. The molecule has 0 spiro atoms. The van der Waals surface area contributed by atoms with Crippen LogP contribution in [0.4, 0.5) is 0 Å². The number of hydrogen-bond donors (Lipinski definition) is 0. The summed E-state index contributed by atoms with van der Waals surface area (Å²) in [4.78, 5) is 7.69. The van der Waals surface area contributed by atoms with E-state index in [1.54, 1.807) is 41.3 Å². The van der Waals surface area contributed by atoms with E-state index in [-0.39, 0.29) is 4.90 Å². The standard InChI is InChI=1S/C29H35N5O3S/c1-32-20-24(19-31-32)28-21-34(38(35,36)26-7-3-2-4-8-26)29-27(28)17-23(18-30-29)22-9-11-25(12-10-22)33-13-5-15-37-16-6-14-33/h2-4,7-8,17-22,25H,5-6,9-16H2,1H3/t22-,25+. The Morgan fingerprint density at radius 2 is 1.68 bits per heavy atom. The molecule has 0 radical (unpaired) electrons. The zero-order chi connectivity index (χ0) is 26.1. The van der Waals surface area contributed by atoms with Gasteiger partial charge in [-0.05, 0) is 68.2 Å². The normalized spacial score (nSPS) is 21.8. The van der Waals surface area contributed by atoms with Crippen molar-refractivity contribution in [3.8, 4) is 11.1 Å². The van der Waals surface area contributed by atoms with Gasteiger partial charge in [-0.25, -0.2) is 17.4 Å². The molecule has 0 bridgehead atoms. The van der Waals surface area contributed by atoms with Gasteiger partial charge >= 0.3 is 0 Å². The molecule has 1 saturated heterocycles. The van der Waals surface area contributed by atoms with Crippen LogP contribution in [0.1, 0.15) is 50.0 Å². The summed E-state index contributed by atoms with van der Waals surface area (Å²) in [6, 6.07) is 11.3. The molecule has 4 heterocycles. The lowest BCUT2D eigenvalue weighted by Crippen LogP contribution is -2.40. The van der Waals surface area contributed by atoms with Crippen molar-refractivity contribution in [1.82, 2.24) is 23.6 Å². The first-order valence-electron chi connectivity index (χ1n) is 13.6. The zero-order valence-electron chi connectivity index (χ0n) is 21.9. The fourth-order valence-electron chi connectivity index (χ4n) is 6.09. The predicted molar refractivity (Wildman–Crippen MR) is 148 cm³/mol. The molecule has 0 N–H and O–H groups in total. The highest BCUT2D eigenvalue weighted by Gasteiger charge is 2.29. The average Bonchev–Trinajstić information content (AvgIpc) is 3.53. The molecule has 2 aliphatic rings. The van der Waals surface area contributed by atoms with Gasteiger partial charge in [0.15, 0.2) is 5.65 Å². The van der Waals surface area contributed by atoms with Gasteiger partial charge in [-0.1, -0.05) is 18.2 Å². The molecule has 38 heavy (non-hydrogen) atoms. The van der Waals surface area contributed by atoms with Gasteiger partial charge < -0.3 is 9.64 Å². The van der Waals surface area contributed by atoms with Crippen molar-refractivity contribution in [2.24, 2.45) is 7.05 Å². The fraction of sp³-hybridized carbons (Fsp3) is 0.448. The lowest BCUT2D eigenvalue weighted by atomic mass is 9.81. The van der Waals surface area contributed by atoms with E-state index in [4.69, 9.17) is 9.72 Å². The Morgan fingerprint density at radius 1 is 0.947 bits per heavy atom. The first-order valence-corrected chi connectivity index (χ1v) is 15.1. The number of hydrogen-bond acceptors (Lipinski definition) is 6. The van der Waals surface area contributed by atoms with Crippen LogP contribution < -0.4 is 0 Å². The Kier molecular flexibility index (Phi) is 7.07. The number of rotatable bonds is 5. The monoisotopic (exact) mass is 533 g/mol. The van der Waals surface area contributed by atoms with Crippen LogP contribution in [0.3, 0.4) is 0 Å². The average molecular weight is 534 g/mol. The van der Waals surface area contributed by atoms with Gasteiger partial charge in [-0.3, -0.25) is 4.68 Å². The predicted octanol–water partition coefficient (Wildman–Crippen LogP) is 4.81. The highest BCUT2D eigenvalue weighted by Crippen LogP contribution is 2.38. The van der Waals surface area contributed by atoms with E-state index in [0.717, 1.165) is 68.5 Å². The van der Waals surface area contributed by atoms with Crippen molar-refractivity contribution in [2.45, 2.75) is 55.4 Å². The molecule has 0 amide bonds. The van der Waals surface area contributed by atoms with Crippen molar-refractivity contribution in [1.29, 1.82) is 0 Å². The molecular weight excluding hydrogens is 498 g/mol. The molecule has 2 fully saturated rings. The smallest absolute Gasteiger partial charge is 0.269 e. The van der Waals surface area contributed by atoms with Gasteiger partial charge in [0.05, 0.1) is 11.1 Å². The number of nitrogens with zero attached hydrogens (tertiary/aromatic N) is 5. The van der Waals surface area contributed by atoms with Crippen LogP contribution in [-0.4, -0.2) is 64.4 Å². The summed E-state index contributed by atoms with van der Waals surface area (Å²) in [7, 11) is -1.93. The second kappa shape index (κ2) is 10.6. The number of aromatic nitrogens is 4. The van der Waals surface area contributed by atoms with Crippen LogP contribution in [0, 0.1) is 0 Å². The largest absolute Gasteiger partial charge is 0.381 e. The molecule has 200 valence electrons. The molecule has 4 aromatic rings. The molecule has 8 nitrogen and oxygen atoms in total. The van der Waals surface area contributed by atoms with E-state index in [1.807, 2.05) is 25.5 Å². The quantitative estimate of drug-likeness (QED) is 0.366. The van der Waals surface area contributed by atoms with Gasteiger partial charge in [-0.15, -0.1) is 0 Å². The highest BCUT2D eigenvalue weighted by atomic mass is 32.2. The summed E-state index contributed by atoms with van der Waals surface area (Å²) >= 11 is 0. The number of aryl methyl sites for hydroxylation is 1. The van der Waals surface area contributed by atoms with Crippen molar-refractivity contribution in [3.05, 3.63) is 66.7 Å². The van der Waals surface area contributed by atoms with Crippen molar-refractivity contribution in [2.75, 3.05) is 26.3 Å². The Morgan fingerprint density at radius 3 is 2.37 bits per heavy atom. The summed E-state index contributed by atoms with van der Waals surface area (Å²) in [5, 5.41) is 5.18. The van der Waals surface area contributed by atoms with E-state index >= 15 is 0 Å². The van der Waals surface area contributed by atoms with Crippen LogP contribution in [-0.2, 0) is 21.8 Å². The van der Waals surface area contributed by atoms with E-state index in [9.17, 15) is 8.42 Å². The SMILES string of the molecule is Cn1cc(-c2cn(S(=O)(=O)c3ccccc3)c3ncc([C@H]4CC[C@@H](N5CCCOCCC5)CC4)cc23)cn1. The molecule has 9 heteroatoms. The minimum atomic E-state index is -3.80. The Hall–Kier alpha value is -3.01. The second-order valence-electron chi connectivity index (χ2n) is 10.6. The van der Waals surface area contributed by atoms with Gasteiger partial charge in [0.1, 0.15) is 0 Å². The molecule has 0 unspecified atom stereocenters. The van der Waals surface area contributed by atoms with Crippen LogP contribution in [0.5, 0.6) is 0 Å². The summed E-state index contributed by atoms with van der Waals surface area (Å²) in [5.41, 5.74) is 3.35. The zero-order valence-corrected chi connectivity index (χ0v) is 22.7. The Balaban J connectivity index is 1.32. The van der Waals surface area contributed by atoms with Crippen LogP contribution in [0.25, 0.3) is 22.2 Å². The highest BCUT2D eigenvalue weighted by molar-refractivity contribution is 7.90. The molecular formula is C29H35N5O3S. The fourth-order valence-corrected chi connectivity index (χ4v) is 7.44. The van der Waals surface area contributed by atoms with Gasteiger partial charge in [0.2, 0.25) is 0 Å². The third-order valence-electron chi connectivity index (χ3n) is 8.10. The van der Waals surface area contributed by atoms with Crippen LogP contribution >= 0.6 is 0 Å². The lowest BCUT2D eigenvalue weighted by molar-refractivity contribution is 0.0630. The maximum atomic E-state index is 13.6. The van der Waals surface area contributed by atoms with E-state index in [1.165, 1.54) is 22.4 Å². The summed E-state index contributed by atoms with van der Waals surface area (Å²) in [6.45, 7) is 3.99. The van der Waals surface area contributed by atoms with Crippen molar-refractivity contribution < 1.29 is 13.2 Å². The first-order chi connectivity index (χ1) is 18.5. The third-order valence-corrected chi connectivity index (χ3v) is 9.77. The van der Waals surface area contributed by atoms with Crippen LogP contribution in [0.15, 0.2) is 66.1 Å². The minimum absolute atomic E-state index is 0.245. The molecule has 1 aliphatic carbocycles. The molecule has 3 aromatic heterocycles. The maximum absolute atomic E-state index is 13.6. The first kappa shape index (κ1) is 25.3. The van der Waals surface area contributed by atoms with Crippen molar-refractivity contribution >= 4 is 21.1 Å².